The van der Waals surface area contributed by atoms with Gasteiger partial charge in [0.05, 0.1) is 17.2 Å². The maximum absolute atomic E-state index is 12.3. The van der Waals surface area contributed by atoms with Crippen LogP contribution in [0.5, 0.6) is 0 Å². The van der Waals surface area contributed by atoms with Crippen LogP contribution in [0.3, 0.4) is 0 Å². The molecule has 26 heavy (non-hydrogen) atoms. The number of carbonyl (C=O) groups excluding carboxylic acids is 2. The van der Waals surface area contributed by atoms with Crippen LogP contribution < -0.4 is 0 Å². The molecular formula is C21H14N2O3. The standard InChI is InChI=1S/C21H14N2O3/c24-20(16-10-9-14-5-1-2-6-15(14)11-16)13-26-21(25)19-12-22-17-7-3-4-8-18(17)23-19/h1-12H,13H2. The molecule has 5 nitrogen and oxygen atoms in total. The average molecular weight is 342 g/mol. The minimum Gasteiger partial charge on any atom is -0.453 e. The van der Waals surface area contributed by atoms with Crippen molar-refractivity contribution in [1.29, 1.82) is 0 Å². The van der Waals surface area contributed by atoms with Gasteiger partial charge in [0.25, 0.3) is 0 Å². The first-order valence-corrected chi connectivity index (χ1v) is 8.12. The fourth-order valence-corrected chi connectivity index (χ4v) is 2.71. The molecule has 0 aliphatic rings. The minimum absolute atomic E-state index is 0.0787. The van der Waals surface area contributed by atoms with E-state index in [9.17, 15) is 9.59 Å². The van der Waals surface area contributed by atoms with E-state index in [1.54, 1.807) is 24.3 Å². The van der Waals surface area contributed by atoms with E-state index in [-0.39, 0.29) is 18.1 Å². The Morgan fingerprint density at radius 3 is 2.42 bits per heavy atom. The zero-order chi connectivity index (χ0) is 17.9. The van der Waals surface area contributed by atoms with Crippen molar-refractivity contribution in [1.82, 2.24) is 9.97 Å². The summed E-state index contributed by atoms with van der Waals surface area (Å²) in [7, 11) is 0. The zero-order valence-electron chi connectivity index (χ0n) is 13.8. The Morgan fingerprint density at radius 1 is 0.846 bits per heavy atom. The molecule has 0 aliphatic heterocycles. The highest BCUT2D eigenvalue weighted by molar-refractivity contribution is 6.02. The summed E-state index contributed by atoms with van der Waals surface area (Å²) in [6.45, 7) is -0.342. The maximum atomic E-state index is 12.3. The molecule has 4 rings (SSSR count). The first kappa shape index (κ1) is 15.9. The van der Waals surface area contributed by atoms with Gasteiger partial charge in [0.2, 0.25) is 0 Å². The van der Waals surface area contributed by atoms with Crippen LogP contribution in [-0.4, -0.2) is 28.3 Å². The Kier molecular flexibility index (Phi) is 4.11. The van der Waals surface area contributed by atoms with Crippen molar-refractivity contribution in [2.75, 3.05) is 6.61 Å². The van der Waals surface area contributed by atoms with Crippen LogP contribution in [0.2, 0.25) is 0 Å². The molecule has 126 valence electrons. The number of Topliss-reactive ketones (excluding diaryl/α,β-unsaturated/α-hetero) is 1. The first-order chi connectivity index (χ1) is 12.7. The Balaban J connectivity index is 1.47. The monoisotopic (exact) mass is 342 g/mol. The summed E-state index contributed by atoms with van der Waals surface area (Å²) in [5.74, 6) is -0.935. The lowest BCUT2D eigenvalue weighted by atomic mass is 10.0. The zero-order valence-corrected chi connectivity index (χ0v) is 13.8. The summed E-state index contributed by atoms with van der Waals surface area (Å²) in [6, 6.07) is 20.4. The minimum atomic E-state index is -0.669. The Hall–Kier alpha value is -3.60. The number of nitrogens with zero attached hydrogens (tertiary/aromatic N) is 2. The lowest BCUT2D eigenvalue weighted by molar-refractivity contribution is 0.0469. The van der Waals surface area contributed by atoms with E-state index in [0.29, 0.717) is 16.6 Å². The second kappa shape index (κ2) is 6.72. The summed E-state index contributed by atoms with van der Waals surface area (Å²) in [4.78, 5) is 32.9. The quantitative estimate of drug-likeness (QED) is 0.416. The molecule has 0 fully saturated rings. The van der Waals surface area contributed by atoms with Crippen molar-refractivity contribution in [3.63, 3.8) is 0 Å². The molecule has 0 saturated heterocycles. The number of benzene rings is 3. The largest absolute Gasteiger partial charge is 0.453 e. The van der Waals surface area contributed by atoms with Crippen LogP contribution in [0.1, 0.15) is 20.8 Å². The van der Waals surface area contributed by atoms with E-state index in [2.05, 4.69) is 9.97 Å². The average Bonchev–Trinajstić information content (AvgIpc) is 2.71. The first-order valence-electron chi connectivity index (χ1n) is 8.12. The van der Waals surface area contributed by atoms with E-state index >= 15 is 0 Å². The number of hydrogen-bond donors (Lipinski definition) is 0. The molecule has 4 aromatic rings. The van der Waals surface area contributed by atoms with Gasteiger partial charge in [0.1, 0.15) is 0 Å². The van der Waals surface area contributed by atoms with Gasteiger partial charge in [-0.25, -0.2) is 9.78 Å². The smallest absolute Gasteiger partial charge is 0.359 e. The number of esters is 1. The molecule has 0 unspecified atom stereocenters. The summed E-state index contributed by atoms with van der Waals surface area (Å²) in [5.41, 5.74) is 1.87. The van der Waals surface area contributed by atoms with Crippen molar-refractivity contribution in [2.45, 2.75) is 0 Å². The van der Waals surface area contributed by atoms with Gasteiger partial charge in [-0.3, -0.25) is 9.78 Å². The van der Waals surface area contributed by atoms with Gasteiger partial charge in [-0.1, -0.05) is 48.5 Å². The normalized spacial score (nSPS) is 10.8. The van der Waals surface area contributed by atoms with Crippen molar-refractivity contribution in [3.8, 4) is 0 Å². The maximum Gasteiger partial charge on any atom is 0.359 e. The third-order valence-electron chi connectivity index (χ3n) is 4.06. The number of para-hydroxylation sites is 2. The lowest BCUT2D eigenvalue weighted by Crippen LogP contribution is -2.15. The van der Waals surface area contributed by atoms with E-state index in [0.717, 1.165) is 10.8 Å². The molecule has 0 bridgehead atoms. The molecule has 0 spiro atoms. The molecule has 1 heterocycles. The molecule has 0 N–H and O–H groups in total. The SMILES string of the molecule is O=C(COC(=O)c1cnc2ccccc2n1)c1ccc2ccccc2c1. The summed E-state index contributed by atoms with van der Waals surface area (Å²) in [5, 5.41) is 2.01. The third-order valence-corrected chi connectivity index (χ3v) is 4.06. The van der Waals surface area contributed by atoms with Crippen molar-refractivity contribution < 1.29 is 14.3 Å². The third kappa shape index (κ3) is 3.15. The predicted molar refractivity (Wildman–Crippen MR) is 98.1 cm³/mol. The second-order valence-corrected chi connectivity index (χ2v) is 5.81. The van der Waals surface area contributed by atoms with Crippen LogP contribution in [0.25, 0.3) is 21.8 Å². The molecule has 1 aromatic heterocycles. The van der Waals surface area contributed by atoms with Gasteiger partial charge in [-0.2, -0.15) is 0 Å². The van der Waals surface area contributed by atoms with Crippen LogP contribution in [0.15, 0.2) is 72.9 Å². The molecular weight excluding hydrogens is 328 g/mol. The lowest BCUT2D eigenvalue weighted by Gasteiger charge is -2.06. The summed E-state index contributed by atoms with van der Waals surface area (Å²) in [6.07, 6.45) is 1.35. The Bertz CT molecular complexity index is 1050. The van der Waals surface area contributed by atoms with E-state index in [4.69, 9.17) is 4.74 Å². The van der Waals surface area contributed by atoms with Gasteiger partial charge >= 0.3 is 5.97 Å². The molecule has 0 aliphatic carbocycles. The predicted octanol–water partition coefficient (Wildman–Crippen LogP) is 3.82. The number of rotatable bonds is 4. The number of ketones is 1. The number of hydrogen-bond acceptors (Lipinski definition) is 5. The van der Waals surface area contributed by atoms with Gasteiger partial charge < -0.3 is 4.74 Å². The fourth-order valence-electron chi connectivity index (χ4n) is 2.71. The van der Waals surface area contributed by atoms with Gasteiger partial charge in [-0.15, -0.1) is 0 Å². The number of carbonyl (C=O) groups is 2. The van der Waals surface area contributed by atoms with Crippen molar-refractivity contribution >= 4 is 33.6 Å². The highest BCUT2D eigenvalue weighted by Crippen LogP contribution is 2.16. The molecule has 0 saturated carbocycles. The second-order valence-electron chi connectivity index (χ2n) is 5.81. The van der Waals surface area contributed by atoms with Crippen LogP contribution in [-0.2, 0) is 4.74 Å². The number of ether oxygens (including phenoxy) is 1. The highest BCUT2D eigenvalue weighted by Gasteiger charge is 2.14. The Labute approximate surface area is 149 Å². The number of aromatic nitrogens is 2. The Morgan fingerprint density at radius 2 is 1.58 bits per heavy atom. The van der Waals surface area contributed by atoms with Crippen LogP contribution >= 0.6 is 0 Å². The van der Waals surface area contributed by atoms with E-state index < -0.39 is 5.97 Å². The van der Waals surface area contributed by atoms with Gasteiger partial charge in [0, 0.05) is 5.56 Å². The van der Waals surface area contributed by atoms with Crippen molar-refractivity contribution in [3.05, 3.63) is 84.2 Å². The van der Waals surface area contributed by atoms with Gasteiger partial charge in [0.15, 0.2) is 18.1 Å². The molecule has 0 amide bonds. The molecule has 0 atom stereocenters. The van der Waals surface area contributed by atoms with E-state index in [1.165, 1.54) is 6.20 Å². The topological polar surface area (TPSA) is 69.2 Å². The molecule has 5 heteroatoms. The number of fused-ring (bicyclic) bond motifs is 2. The van der Waals surface area contributed by atoms with Gasteiger partial charge in [-0.05, 0) is 29.0 Å². The molecule has 0 radical (unpaired) electrons. The summed E-state index contributed by atoms with van der Waals surface area (Å²) < 4.78 is 5.11. The fraction of sp³-hybridized carbons (Fsp3) is 0.0476. The van der Waals surface area contributed by atoms with Crippen LogP contribution in [0.4, 0.5) is 0 Å². The van der Waals surface area contributed by atoms with E-state index in [1.807, 2.05) is 42.5 Å². The summed E-state index contributed by atoms with van der Waals surface area (Å²) >= 11 is 0. The molecule has 3 aromatic carbocycles. The highest BCUT2D eigenvalue weighted by atomic mass is 16.5. The van der Waals surface area contributed by atoms with Crippen molar-refractivity contribution in [2.24, 2.45) is 0 Å². The van der Waals surface area contributed by atoms with Crippen LogP contribution in [0, 0.1) is 0 Å².